The van der Waals surface area contributed by atoms with E-state index in [-0.39, 0.29) is 22.9 Å². The van der Waals surface area contributed by atoms with E-state index < -0.39 is 4.92 Å². The number of hydrogen-bond donors (Lipinski definition) is 1. The van der Waals surface area contributed by atoms with Crippen LogP contribution in [0.5, 0.6) is 0 Å². The Morgan fingerprint density at radius 2 is 1.89 bits per heavy atom. The van der Waals surface area contributed by atoms with E-state index in [1.54, 1.807) is 35.0 Å². The van der Waals surface area contributed by atoms with Crippen LogP contribution in [0.1, 0.15) is 35.8 Å². The number of benzene rings is 2. The summed E-state index contributed by atoms with van der Waals surface area (Å²) in [6, 6.07) is 15.3. The molecule has 0 radical (unpaired) electrons. The molecule has 0 saturated carbocycles. The number of amides is 1. The molecule has 1 aliphatic carbocycles. The van der Waals surface area contributed by atoms with Gasteiger partial charge in [0.1, 0.15) is 4.83 Å². The van der Waals surface area contributed by atoms with Crippen molar-refractivity contribution >= 4 is 50.6 Å². The van der Waals surface area contributed by atoms with Gasteiger partial charge in [-0.1, -0.05) is 30.0 Å². The quantitative estimate of drug-likeness (QED) is 0.119. The zero-order chi connectivity index (χ0) is 25.9. The van der Waals surface area contributed by atoms with Gasteiger partial charge in [-0.2, -0.15) is 5.10 Å². The fourth-order valence-electron chi connectivity index (χ4n) is 4.29. The van der Waals surface area contributed by atoms with E-state index in [0.29, 0.717) is 27.5 Å². The molecule has 2 aromatic heterocycles. The van der Waals surface area contributed by atoms with Crippen LogP contribution in [0, 0.1) is 10.1 Å². The highest BCUT2D eigenvalue weighted by molar-refractivity contribution is 7.99. The smallest absolute Gasteiger partial charge is 0.269 e. The Morgan fingerprint density at radius 3 is 2.62 bits per heavy atom. The first kappa shape index (κ1) is 24.8. The van der Waals surface area contributed by atoms with E-state index in [0.717, 1.165) is 36.1 Å². The monoisotopic (exact) mass is 533 g/mol. The second-order valence-electron chi connectivity index (χ2n) is 8.59. The molecule has 2 heterocycles. The lowest BCUT2D eigenvalue weighted by molar-refractivity contribution is -0.384. The van der Waals surface area contributed by atoms with E-state index in [2.05, 4.69) is 10.5 Å². The van der Waals surface area contributed by atoms with Crippen LogP contribution in [0.2, 0.25) is 0 Å². The predicted molar refractivity (Wildman–Crippen MR) is 146 cm³/mol. The third-order valence-electron chi connectivity index (χ3n) is 6.15. The Labute approximate surface area is 220 Å². The van der Waals surface area contributed by atoms with Gasteiger partial charge in [-0.05, 0) is 68.0 Å². The van der Waals surface area contributed by atoms with Gasteiger partial charge in [-0.15, -0.1) is 11.3 Å². The molecule has 1 aliphatic rings. The first-order valence-corrected chi connectivity index (χ1v) is 13.6. The van der Waals surface area contributed by atoms with E-state index in [1.807, 2.05) is 30.3 Å². The molecule has 0 aliphatic heterocycles. The highest BCUT2D eigenvalue weighted by Gasteiger charge is 2.23. The van der Waals surface area contributed by atoms with Crippen LogP contribution >= 0.6 is 23.1 Å². The lowest BCUT2D eigenvalue weighted by Gasteiger charge is -2.13. The van der Waals surface area contributed by atoms with Crippen molar-refractivity contribution < 1.29 is 9.72 Å². The maximum Gasteiger partial charge on any atom is 0.269 e. The molecule has 9 nitrogen and oxygen atoms in total. The molecule has 188 valence electrons. The topological polar surface area (TPSA) is 119 Å². The Balaban J connectivity index is 1.39. The highest BCUT2D eigenvalue weighted by Crippen LogP contribution is 2.35. The Kier molecular flexibility index (Phi) is 7.15. The number of rotatable bonds is 7. The number of nitrogens with one attached hydrogen (secondary N) is 1. The highest BCUT2D eigenvalue weighted by atomic mass is 32.2. The summed E-state index contributed by atoms with van der Waals surface area (Å²) in [4.78, 5) is 43.5. The molecule has 0 unspecified atom stereocenters. The van der Waals surface area contributed by atoms with E-state index in [4.69, 9.17) is 4.98 Å². The van der Waals surface area contributed by atoms with Crippen molar-refractivity contribution in [1.82, 2.24) is 15.0 Å². The summed E-state index contributed by atoms with van der Waals surface area (Å²) in [6.45, 7) is 1.70. The minimum absolute atomic E-state index is 0.00686. The zero-order valence-electron chi connectivity index (χ0n) is 20.0. The molecule has 2 aromatic carbocycles. The standard InChI is InChI=1S/C26H23N5O4S2/c1-16(17-11-13-19(14-12-17)31(34)35)28-29-22(32)15-36-26-27-24-23(20-9-5-6-10-21(20)37-24)25(33)30(26)18-7-3-2-4-8-18/h2-4,7-8,11-14H,5-6,9-10,15H2,1H3,(H,29,32)/b28-16+. The number of hydrazone groups is 1. The molecule has 37 heavy (non-hydrogen) atoms. The third kappa shape index (κ3) is 5.18. The number of fused-ring (bicyclic) bond motifs is 3. The number of aromatic nitrogens is 2. The molecule has 4 aromatic rings. The molecule has 5 rings (SSSR count). The van der Waals surface area contributed by atoms with Crippen molar-refractivity contribution in [2.75, 3.05) is 5.75 Å². The SMILES string of the molecule is C/C(=N\NC(=O)CSc1nc2sc3c(c2c(=O)n1-c1ccccc1)CCCC3)c1ccc([N+](=O)[O-])cc1. The lowest BCUT2D eigenvalue weighted by atomic mass is 9.97. The molecular weight excluding hydrogens is 510 g/mol. The summed E-state index contributed by atoms with van der Waals surface area (Å²) in [7, 11) is 0. The van der Waals surface area contributed by atoms with Crippen LogP contribution in [0.15, 0.2) is 69.6 Å². The van der Waals surface area contributed by atoms with Crippen molar-refractivity contribution in [3.63, 3.8) is 0 Å². The van der Waals surface area contributed by atoms with Crippen molar-refractivity contribution in [2.24, 2.45) is 5.10 Å². The predicted octanol–water partition coefficient (Wildman–Crippen LogP) is 4.87. The number of nitro benzene ring substituents is 1. The van der Waals surface area contributed by atoms with E-state index >= 15 is 0 Å². The molecule has 0 saturated heterocycles. The van der Waals surface area contributed by atoms with Gasteiger partial charge in [-0.3, -0.25) is 24.3 Å². The van der Waals surface area contributed by atoms with Crippen LogP contribution in [0.3, 0.4) is 0 Å². The maximum atomic E-state index is 13.7. The van der Waals surface area contributed by atoms with E-state index in [1.165, 1.54) is 28.8 Å². The van der Waals surface area contributed by atoms with Crippen molar-refractivity contribution in [3.05, 3.63) is 91.1 Å². The van der Waals surface area contributed by atoms with Crippen molar-refractivity contribution in [2.45, 2.75) is 37.8 Å². The summed E-state index contributed by atoms with van der Waals surface area (Å²) >= 11 is 2.76. The first-order valence-electron chi connectivity index (χ1n) is 11.8. The Bertz CT molecular complexity index is 1580. The molecule has 0 fully saturated rings. The fourth-order valence-corrected chi connectivity index (χ4v) is 6.39. The Morgan fingerprint density at radius 1 is 1.16 bits per heavy atom. The second kappa shape index (κ2) is 10.7. The number of carbonyl (C=O) groups excluding carboxylic acids is 1. The van der Waals surface area contributed by atoms with Gasteiger partial charge < -0.3 is 0 Å². The van der Waals surface area contributed by atoms with E-state index in [9.17, 15) is 19.7 Å². The van der Waals surface area contributed by atoms with Crippen LogP contribution in [-0.2, 0) is 17.6 Å². The minimum atomic E-state index is -0.471. The largest absolute Gasteiger partial charge is 0.272 e. The average Bonchev–Trinajstić information content (AvgIpc) is 3.29. The number of thioether (sulfide) groups is 1. The fraction of sp³-hybridized carbons (Fsp3) is 0.231. The van der Waals surface area contributed by atoms with Gasteiger partial charge in [0.2, 0.25) is 0 Å². The summed E-state index contributed by atoms with van der Waals surface area (Å²) in [5.74, 6) is -0.349. The number of aryl methyl sites for hydroxylation is 2. The van der Waals surface area contributed by atoms with Gasteiger partial charge in [0, 0.05) is 17.0 Å². The van der Waals surface area contributed by atoms with Crippen LogP contribution < -0.4 is 11.0 Å². The number of nitro groups is 1. The second-order valence-corrected chi connectivity index (χ2v) is 10.6. The number of non-ortho nitro benzene ring substituents is 1. The van der Waals surface area contributed by atoms with Crippen LogP contribution in [0.4, 0.5) is 5.69 Å². The Hall–Kier alpha value is -3.83. The summed E-state index contributed by atoms with van der Waals surface area (Å²) in [5, 5.41) is 16.1. The van der Waals surface area contributed by atoms with Gasteiger partial charge >= 0.3 is 0 Å². The molecule has 1 N–H and O–H groups in total. The first-order chi connectivity index (χ1) is 17.9. The lowest BCUT2D eigenvalue weighted by Crippen LogP contribution is -2.24. The number of nitrogens with zero attached hydrogens (tertiary/aromatic N) is 4. The van der Waals surface area contributed by atoms with Crippen molar-refractivity contribution in [3.8, 4) is 5.69 Å². The minimum Gasteiger partial charge on any atom is -0.272 e. The van der Waals surface area contributed by atoms with Crippen LogP contribution in [0.25, 0.3) is 15.9 Å². The molecule has 0 atom stereocenters. The molecule has 11 heteroatoms. The summed E-state index contributed by atoms with van der Waals surface area (Å²) in [5.41, 5.74) is 5.39. The molecular formula is C26H23N5O4S2. The molecule has 0 spiro atoms. The molecule has 0 bridgehead atoms. The van der Waals surface area contributed by atoms with Crippen LogP contribution in [-0.4, -0.2) is 31.8 Å². The normalized spacial score (nSPS) is 13.4. The molecule has 1 amide bonds. The van der Waals surface area contributed by atoms with Gasteiger partial charge in [-0.25, -0.2) is 10.4 Å². The number of hydrogen-bond acceptors (Lipinski definition) is 8. The number of para-hydroxylation sites is 1. The number of carbonyl (C=O) groups is 1. The maximum absolute atomic E-state index is 13.7. The summed E-state index contributed by atoms with van der Waals surface area (Å²) < 4.78 is 1.59. The van der Waals surface area contributed by atoms with Crippen molar-refractivity contribution in [1.29, 1.82) is 0 Å². The summed E-state index contributed by atoms with van der Waals surface area (Å²) in [6.07, 6.45) is 4.05. The average molecular weight is 534 g/mol. The zero-order valence-corrected chi connectivity index (χ0v) is 21.6. The van der Waals surface area contributed by atoms with Gasteiger partial charge in [0.15, 0.2) is 5.16 Å². The van der Waals surface area contributed by atoms with Gasteiger partial charge in [0.25, 0.3) is 17.2 Å². The third-order valence-corrected chi connectivity index (χ3v) is 8.27. The number of thiophene rings is 1. The van der Waals surface area contributed by atoms with Gasteiger partial charge in [0.05, 0.1) is 27.5 Å².